The molecule has 2 rings (SSSR count). The van der Waals surface area contributed by atoms with Gasteiger partial charge in [-0.1, -0.05) is 25.3 Å². The largest absolute Gasteiger partial charge is 0.396 e. The third kappa shape index (κ3) is 3.93. The molecule has 20 heavy (non-hydrogen) atoms. The molecule has 1 atom stereocenters. The van der Waals surface area contributed by atoms with Crippen LogP contribution in [0.1, 0.15) is 49.0 Å². The molecule has 1 aromatic heterocycles. The van der Waals surface area contributed by atoms with E-state index in [4.69, 9.17) is 0 Å². The summed E-state index contributed by atoms with van der Waals surface area (Å²) in [6.45, 7) is 0.0623. The number of aromatic nitrogens is 1. The van der Waals surface area contributed by atoms with E-state index in [9.17, 15) is 14.7 Å². The van der Waals surface area contributed by atoms with Gasteiger partial charge in [0.1, 0.15) is 5.69 Å². The number of H-pyrrole nitrogens is 1. The van der Waals surface area contributed by atoms with Gasteiger partial charge in [-0.3, -0.25) is 9.59 Å². The molecule has 0 aliphatic heterocycles. The predicted molar refractivity (Wildman–Crippen MR) is 76.6 cm³/mol. The average molecular weight is 278 g/mol. The van der Waals surface area contributed by atoms with Crippen LogP contribution in [0.15, 0.2) is 23.0 Å². The topological polar surface area (TPSA) is 82.2 Å². The van der Waals surface area contributed by atoms with Crippen molar-refractivity contribution in [3.63, 3.8) is 0 Å². The first-order valence-corrected chi connectivity index (χ1v) is 7.32. The third-order valence-corrected chi connectivity index (χ3v) is 3.99. The van der Waals surface area contributed by atoms with Crippen molar-refractivity contribution < 1.29 is 9.90 Å². The second kappa shape index (κ2) is 7.24. The molecule has 0 saturated heterocycles. The fourth-order valence-corrected chi connectivity index (χ4v) is 2.93. The molecular weight excluding hydrogens is 256 g/mol. The van der Waals surface area contributed by atoms with Crippen molar-refractivity contribution in [1.82, 2.24) is 10.3 Å². The van der Waals surface area contributed by atoms with Gasteiger partial charge in [0.15, 0.2) is 0 Å². The van der Waals surface area contributed by atoms with E-state index in [1.54, 1.807) is 12.1 Å². The lowest BCUT2D eigenvalue weighted by Crippen LogP contribution is -2.42. The van der Waals surface area contributed by atoms with Crippen molar-refractivity contribution in [1.29, 1.82) is 0 Å². The molecule has 1 aromatic rings. The Morgan fingerprint density at radius 1 is 1.35 bits per heavy atom. The van der Waals surface area contributed by atoms with Crippen LogP contribution in [-0.2, 0) is 0 Å². The number of carbonyl (C=O) groups is 1. The van der Waals surface area contributed by atoms with Crippen molar-refractivity contribution in [2.75, 3.05) is 6.61 Å². The second-order valence-corrected chi connectivity index (χ2v) is 5.42. The quantitative estimate of drug-likeness (QED) is 0.762. The average Bonchev–Trinajstić information content (AvgIpc) is 2.47. The van der Waals surface area contributed by atoms with Crippen molar-refractivity contribution in [3.8, 4) is 0 Å². The summed E-state index contributed by atoms with van der Waals surface area (Å²) < 4.78 is 0. The first-order valence-electron chi connectivity index (χ1n) is 7.32. The summed E-state index contributed by atoms with van der Waals surface area (Å²) in [4.78, 5) is 25.9. The van der Waals surface area contributed by atoms with Crippen LogP contribution in [0.25, 0.3) is 0 Å². The minimum absolute atomic E-state index is 0.0171. The molecule has 5 nitrogen and oxygen atoms in total. The molecule has 0 radical (unpaired) electrons. The lowest BCUT2D eigenvalue weighted by molar-refractivity contribution is 0.0894. The maximum Gasteiger partial charge on any atom is 0.268 e. The maximum absolute atomic E-state index is 12.2. The lowest BCUT2D eigenvalue weighted by atomic mass is 9.82. The van der Waals surface area contributed by atoms with Crippen LogP contribution in [0.2, 0.25) is 0 Å². The number of aliphatic hydroxyl groups is 1. The summed E-state index contributed by atoms with van der Waals surface area (Å²) in [5.74, 6) is 0.155. The number of aliphatic hydroxyl groups excluding tert-OH is 1. The highest BCUT2D eigenvalue weighted by atomic mass is 16.3. The summed E-state index contributed by atoms with van der Waals surface area (Å²) >= 11 is 0. The van der Waals surface area contributed by atoms with Crippen molar-refractivity contribution in [2.24, 2.45) is 5.92 Å². The molecule has 1 unspecified atom stereocenters. The fourth-order valence-electron chi connectivity index (χ4n) is 2.93. The van der Waals surface area contributed by atoms with E-state index in [0.717, 1.165) is 12.8 Å². The molecule has 3 N–H and O–H groups in total. The van der Waals surface area contributed by atoms with E-state index in [1.807, 2.05) is 0 Å². The van der Waals surface area contributed by atoms with Gasteiger partial charge >= 0.3 is 0 Å². The molecule has 0 bridgehead atoms. The van der Waals surface area contributed by atoms with Gasteiger partial charge < -0.3 is 15.4 Å². The van der Waals surface area contributed by atoms with E-state index < -0.39 is 0 Å². The molecule has 0 aromatic carbocycles. The SMILES string of the molecule is O=C(NC(CCO)C1CCCCC1)c1cccc(=O)[nH]1. The van der Waals surface area contributed by atoms with Crippen molar-refractivity contribution in [3.05, 3.63) is 34.2 Å². The fraction of sp³-hybridized carbons (Fsp3) is 0.600. The summed E-state index contributed by atoms with van der Waals surface area (Å²) in [5.41, 5.74) is -0.00901. The van der Waals surface area contributed by atoms with Crippen LogP contribution in [-0.4, -0.2) is 28.6 Å². The number of nitrogens with one attached hydrogen (secondary N) is 2. The summed E-state index contributed by atoms with van der Waals surface area (Å²) in [6, 6.07) is 4.52. The van der Waals surface area contributed by atoms with Gasteiger partial charge in [-0.05, 0) is 31.2 Å². The minimum Gasteiger partial charge on any atom is -0.396 e. The second-order valence-electron chi connectivity index (χ2n) is 5.42. The standard InChI is InChI=1S/C15H22N2O3/c18-10-9-12(11-5-2-1-3-6-11)17-15(20)13-7-4-8-14(19)16-13/h4,7-8,11-12,18H,1-3,5-6,9-10H2,(H,16,19)(H,17,20). The Morgan fingerprint density at radius 2 is 2.10 bits per heavy atom. The highest BCUT2D eigenvalue weighted by Gasteiger charge is 2.25. The molecular formula is C15H22N2O3. The van der Waals surface area contributed by atoms with Gasteiger partial charge in [0.05, 0.1) is 0 Å². The molecule has 1 fully saturated rings. The van der Waals surface area contributed by atoms with Crippen LogP contribution >= 0.6 is 0 Å². The molecule has 110 valence electrons. The van der Waals surface area contributed by atoms with Gasteiger partial charge in [0, 0.05) is 18.7 Å². The predicted octanol–water partition coefficient (Wildman–Crippen LogP) is 1.44. The van der Waals surface area contributed by atoms with Gasteiger partial charge in [0.25, 0.3) is 5.91 Å². The number of pyridine rings is 1. The molecule has 1 aliphatic carbocycles. The van der Waals surface area contributed by atoms with Gasteiger partial charge in [-0.2, -0.15) is 0 Å². The van der Waals surface area contributed by atoms with E-state index in [1.165, 1.54) is 25.3 Å². The van der Waals surface area contributed by atoms with Crippen LogP contribution in [0.4, 0.5) is 0 Å². The van der Waals surface area contributed by atoms with Gasteiger partial charge in [0.2, 0.25) is 5.56 Å². The van der Waals surface area contributed by atoms with E-state index in [-0.39, 0.29) is 29.8 Å². The Kier molecular flexibility index (Phi) is 5.35. The first-order chi connectivity index (χ1) is 9.70. The molecule has 1 aliphatic rings. The smallest absolute Gasteiger partial charge is 0.268 e. The Balaban J connectivity index is 2.03. The number of rotatable bonds is 5. The van der Waals surface area contributed by atoms with E-state index in [2.05, 4.69) is 10.3 Å². The zero-order valence-electron chi connectivity index (χ0n) is 11.6. The minimum atomic E-state index is -0.283. The van der Waals surface area contributed by atoms with Crippen LogP contribution in [0, 0.1) is 5.92 Å². The molecule has 1 heterocycles. The molecule has 5 heteroatoms. The summed E-state index contributed by atoms with van der Waals surface area (Å²) in [6.07, 6.45) is 6.37. The lowest BCUT2D eigenvalue weighted by Gasteiger charge is -2.30. The zero-order valence-corrected chi connectivity index (χ0v) is 11.6. The first kappa shape index (κ1) is 14.8. The maximum atomic E-state index is 12.2. The van der Waals surface area contributed by atoms with E-state index >= 15 is 0 Å². The number of hydrogen-bond acceptors (Lipinski definition) is 3. The van der Waals surface area contributed by atoms with Crippen LogP contribution in [0.3, 0.4) is 0 Å². The zero-order chi connectivity index (χ0) is 14.4. The number of amides is 1. The number of carbonyl (C=O) groups excluding carboxylic acids is 1. The normalized spacial score (nSPS) is 17.6. The molecule has 1 amide bonds. The van der Waals surface area contributed by atoms with Crippen LogP contribution < -0.4 is 10.9 Å². The third-order valence-electron chi connectivity index (χ3n) is 3.99. The monoisotopic (exact) mass is 278 g/mol. The van der Waals surface area contributed by atoms with Crippen molar-refractivity contribution in [2.45, 2.75) is 44.6 Å². The summed E-state index contributed by atoms with van der Waals surface area (Å²) in [7, 11) is 0. The Bertz CT molecular complexity index is 492. The van der Waals surface area contributed by atoms with Gasteiger partial charge in [-0.25, -0.2) is 0 Å². The Labute approximate surface area is 118 Å². The molecule has 0 spiro atoms. The van der Waals surface area contributed by atoms with Crippen molar-refractivity contribution >= 4 is 5.91 Å². The Morgan fingerprint density at radius 3 is 2.75 bits per heavy atom. The number of hydrogen-bond donors (Lipinski definition) is 3. The highest BCUT2D eigenvalue weighted by Crippen LogP contribution is 2.27. The van der Waals surface area contributed by atoms with Gasteiger partial charge in [-0.15, -0.1) is 0 Å². The van der Waals surface area contributed by atoms with Crippen LogP contribution in [0.5, 0.6) is 0 Å². The number of aromatic amines is 1. The highest BCUT2D eigenvalue weighted by molar-refractivity contribution is 5.92. The molecule has 1 saturated carbocycles. The summed E-state index contributed by atoms with van der Waals surface area (Å²) in [5, 5.41) is 12.1. The van der Waals surface area contributed by atoms with E-state index in [0.29, 0.717) is 12.3 Å². The Hall–Kier alpha value is -1.62.